The van der Waals surface area contributed by atoms with Gasteiger partial charge < -0.3 is 15.8 Å². The summed E-state index contributed by atoms with van der Waals surface area (Å²) in [5.41, 5.74) is 7.22. The molecule has 0 radical (unpaired) electrons. The van der Waals surface area contributed by atoms with Gasteiger partial charge >= 0.3 is 0 Å². The summed E-state index contributed by atoms with van der Waals surface area (Å²) in [4.78, 5) is 16.4. The van der Waals surface area contributed by atoms with Crippen LogP contribution in [0.3, 0.4) is 0 Å². The van der Waals surface area contributed by atoms with Gasteiger partial charge in [0.2, 0.25) is 5.91 Å². The lowest BCUT2D eigenvalue weighted by atomic mass is 9.96. The molecule has 3 N–H and O–H groups in total. The summed E-state index contributed by atoms with van der Waals surface area (Å²) in [7, 11) is 0. The second-order valence-corrected chi connectivity index (χ2v) is 5.76. The number of nitrogens with one attached hydrogen (secondary N) is 1. The summed E-state index contributed by atoms with van der Waals surface area (Å²) in [6.45, 7) is 0.370. The van der Waals surface area contributed by atoms with Gasteiger partial charge in [-0.2, -0.15) is 0 Å². The molecule has 0 saturated heterocycles. The van der Waals surface area contributed by atoms with Crippen LogP contribution in [0.4, 0.5) is 11.5 Å². The molecule has 5 nitrogen and oxygen atoms in total. The molecular formula is C15H14BrN3O2. The molecule has 2 aromatic rings. The van der Waals surface area contributed by atoms with Crippen molar-refractivity contribution < 1.29 is 9.53 Å². The highest BCUT2D eigenvalue weighted by molar-refractivity contribution is 9.10. The molecule has 1 aliphatic heterocycles. The zero-order valence-corrected chi connectivity index (χ0v) is 12.8. The van der Waals surface area contributed by atoms with Crippen molar-refractivity contribution in [2.45, 2.75) is 6.42 Å². The number of nitrogen functional groups attached to an aromatic ring is 1. The Bertz CT molecular complexity index is 690. The molecule has 3 rings (SSSR count). The summed E-state index contributed by atoms with van der Waals surface area (Å²) >= 11 is 3.34. The summed E-state index contributed by atoms with van der Waals surface area (Å²) < 4.78 is 6.29. The van der Waals surface area contributed by atoms with Gasteiger partial charge in [-0.15, -0.1) is 0 Å². The maximum atomic E-state index is 12.3. The van der Waals surface area contributed by atoms with Gasteiger partial charge in [-0.3, -0.25) is 4.79 Å². The number of carbonyl (C=O) groups excluding carboxylic acids is 1. The average Bonchev–Trinajstić information content (AvgIpc) is 2.49. The number of nitrogens with two attached hydrogens (primary N) is 1. The second-order valence-electron chi connectivity index (χ2n) is 4.91. The monoisotopic (exact) mass is 347 g/mol. The molecule has 1 amide bonds. The van der Waals surface area contributed by atoms with E-state index in [1.165, 1.54) is 6.20 Å². The van der Waals surface area contributed by atoms with E-state index in [2.05, 4.69) is 26.2 Å². The van der Waals surface area contributed by atoms with Crippen molar-refractivity contribution in [3.63, 3.8) is 0 Å². The topological polar surface area (TPSA) is 77.2 Å². The number of hydrogen-bond donors (Lipinski definition) is 2. The van der Waals surface area contributed by atoms with Crippen LogP contribution in [0.25, 0.3) is 0 Å². The number of hydrogen-bond acceptors (Lipinski definition) is 4. The van der Waals surface area contributed by atoms with Gasteiger partial charge in [0, 0.05) is 0 Å². The summed E-state index contributed by atoms with van der Waals surface area (Å²) in [5.74, 6) is 0.982. The molecule has 0 bridgehead atoms. The summed E-state index contributed by atoms with van der Waals surface area (Å²) in [5, 5.41) is 2.81. The van der Waals surface area contributed by atoms with Crippen LogP contribution in [-0.2, 0) is 11.2 Å². The largest absolute Gasteiger partial charge is 0.492 e. The van der Waals surface area contributed by atoms with Gasteiger partial charge in [-0.25, -0.2) is 4.98 Å². The van der Waals surface area contributed by atoms with E-state index in [1.54, 1.807) is 6.07 Å². The van der Waals surface area contributed by atoms with Crippen molar-refractivity contribution in [1.82, 2.24) is 4.98 Å². The fourth-order valence-corrected chi connectivity index (χ4v) is 2.73. The number of para-hydroxylation sites is 1. The maximum absolute atomic E-state index is 12.3. The molecule has 2 heterocycles. The third-order valence-corrected chi connectivity index (χ3v) is 3.96. The molecule has 0 fully saturated rings. The van der Waals surface area contributed by atoms with Crippen LogP contribution in [-0.4, -0.2) is 17.5 Å². The minimum Gasteiger partial charge on any atom is -0.492 e. The van der Waals surface area contributed by atoms with Crippen molar-refractivity contribution in [2.75, 3.05) is 17.7 Å². The van der Waals surface area contributed by atoms with Crippen molar-refractivity contribution >= 4 is 33.3 Å². The van der Waals surface area contributed by atoms with E-state index < -0.39 is 0 Å². The number of pyridine rings is 1. The highest BCUT2D eigenvalue weighted by atomic mass is 79.9. The fraction of sp³-hybridized carbons (Fsp3) is 0.200. The minimum absolute atomic E-state index is 0.109. The molecule has 1 aromatic heterocycles. The first-order valence-electron chi connectivity index (χ1n) is 6.56. The smallest absolute Gasteiger partial charge is 0.232 e. The Morgan fingerprint density at radius 2 is 2.24 bits per heavy atom. The first-order chi connectivity index (χ1) is 10.1. The zero-order valence-electron chi connectivity index (χ0n) is 11.2. The predicted molar refractivity (Wildman–Crippen MR) is 84.1 cm³/mol. The Labute approximate surface area is 130 Å². The van der Waals surface area contributed by atoms with Crippen LogP contribution in [0.2, 0.25) is 0 Å². The predicted octanol–water partition coefficient (Wildman–Crippen LogP) is 2.62. The van der Waals surface area contributed by atoms with Gasteiger partial charge in [0.1, 0.15) is 18.2 Å². The van der Waals surface area contributed by atoms with Gasteiger partial charge in [0.05, 0.1) is 22.3 Å². The van der Waals surface area contributed by atoms with Crippen molar-refractivity contribution in [3.8, 4) is 5.75 Å². The molecule has 6 heteroatoms. The van der Waals surface area contributed by atoms with E-state index in [4.69, 9.17) is 10.5 Å². The van der Waals surface area contributed by atoms with Crippen molar-refractivity contribution in [1.29, 1.82) is 0 Å². The molecule has 1 aromatic carbocycles. The quantitative estimate of drug-likeness (QED) is 0.875. The SMILES string of the molecule is Nc1cnc(NC(=O)C2COc3ccccc3C2)c(Br)c1. The van der Waals surface area contributed by atoms with Crippen LogP contribution in [0.1, 0.15) is 5.56 Å². The number of rotatable bonds is 2. The Hall–Kier alpha value is -2.08. The van der Waals surface area contributed by atoms with Crippen LogP contribution in [0.5, 0.6) is 5.75 Å². The third kappa shape index (κ3) is 3.00. The number of anilines is 2. The molecule has 108 valence electrons. The normalized spacial score (nSPS) is 16.7. The lowest BCUT2D eigenvalue weighted by Crippen LogP contribution is -2.32. The van der Waals surface area contributed by atoms with Crippen LogP contribution in [0, 0.1) is 5.92 Å². The van der Waals surface area contributed by atoms with Crippen LogP contribution < -0.4 is 15.8 Å². The van der Waals surface area contributed by atoms with E-state index in [9.17, 15) is 4.79 Å². The molecule has 1 atom stereocenters. The van der Waals surface area contributed by atoms with Crippen LogP contribution >= 0.6 is 15.9 Å². The highest BCUT2D eigenvalue weighted by Crippen LogP contribution is 2.28. The van der Waals surface area contributed by atoms with Crippen molar-refractivity contribution in [3.05, 3.63) is 46.6 Å². The number of carbonyl (C=O) groups is 1. The van der Waals surface area contributed by atoms with E-state index >= 15 is 0 Å². The van der Waals surface area contributed by atoms with Gasteiger partial charge in [0.25, 0.3) is 0 Å². The van der Waals surface area contributed by atoms with E-state index in [0.717, 1.165) is 11.3 Å². The maximum Gasteiger partial charge on any atom is 0.232 e. The number of fused-ring (bicyclic) bond motifs is 1. The number of ether oxygens (including phenoxy) is 1. The standard InChI is InChI=1S/C15H14BrN3O2/c16-12-6-11(17)7-18-14(12)19-15(20)10-5-9-3-1-2-4-13(9)21-8-10/h1-4,6-7,10H,5,8,17H2,(H,18,19,20). The molecule has 0 saturated carbocycles. The average molecular weight is 348 g/mol. The number of aromatic nitrogens is 1. The van der Waals surface area contributed by atoms with Crippen molar-refractivity contribution in [2.24, 2.45) is 5.92 Å². The number of amides is 1. The van der Waals surface area contributed by atoms with E-state index in [0.29, 0.717) is 29.0 Å². The number of benzene rings is 1. The number of nitrogens with zero attached hydrogens (tertiary/aromatic N) is 1. The van der Waals surface area contributed by atoms with Gasteiger partial charge in [-0.05, 0) is 40.0 Å². The number of halogens is 1. The first kappa shape index (κ1) is 13.9. The molecule has 0 aliphatic carbocycles. The molecule has 0 spiro atoms. The second kappa shape index (κ2) is 5.73. The van der Waals surface area contributed by atoms with E-state index in [-0.39, 0.29) is 11.8 Å². The minimum atomic E-state index is -0.230. The Kier molecular flexibility index (Phi) is 3.79. The van der Waals surface area contributed by atoms with Crippen LogP contribution in [0.15, 0.2) is 41.0 Å². The molecule has 21 heavy (non-hydrogen) atoms. The Morgan fingerprint density at radius 1 is 1.43 bits per heavy atom. The highest BCUT2D eigenvalue weighted by Gasteiger charge is 2.26. The Morgan fingerprint density at radius 3 is 3.05 bits per heavy atom. The Balaban J connectivity index is 1.72. The zero-order chi connectivity index (χ0) is 14.8. The lowest BCUT2D eigenvalue weighted by molar-refractivity contribution is -0.121. The first-order valence-corrected chi connectivity index (χ1v) is 7.35. The van der Waals surface area contributed by atoms with Gasteiger partial charge in [-0.1, -0.05) is 18.2 Å². The molecular weight excluding hydrogens is 334 g/mol. The lowest BCUT2D eigenvalue weighted by Gasteiger charge is -2.24. The van der Waals surface area contributed by atoms with E-state index in [1.807, 2.05) is 24.3 Å². The molecule has 1 unspecified atom stereocenters. The summed E-state index contributed by atoms with van der Waals surface area (Å²) in [6, 6.07) is 9.47. The fourth-order valence-electron chi connectivity index (χ4n) is 2.26. The summed E-state index contributed by atoms with van der Waals surface area (Å²) in [6.07, 6.45) is 2.17. The third-order valence-electron chi connectivity index (χ3n) is 3.35. The van der Waals surface area contributed by atoms with Gasteiger partial charge in [0.15, 0.2) is 0 Å². The molecule has 1 aliphatic rings.